The normalized spacial score (nSPS) is 11.7. The van der Waals surface area contributed by atoms with Crippen LogP contribution in [0.15, 0.2) is 60.7 Å². The summed E-state index contributed by atoms with van der Waals surface area (Å²) < 4.78 is 18.4. The molecule has 1 heterocycles. The van der Waals surface area contributed by atoms with Gasteiger partial charge in [0.05, 0.1) is 5.69 Å². The van der Waals surface area contributed by atoms with Crippen LogP contribution >= 0.6 is 0 Å². The molecule has 1 N–H and O–H groups in total. The Morgan fingerprint density at radius 3 is 2.33 bits per heavy atom. The molecule has 0 saturated carbocycles. The number of ether oxygens (including phenoxy) is 1. The topological polar surface area (TPSA) is 64.1 Å². The van der Waals surface area contributed by atoms with Gasteiger partial charge in [-0.05, 0) is 55.8 Å². The minimum atomic E-state index is -0.329. The largest absolute Gasteiger partial charge is 0.438 e. The molecule has 1 amide bonds. The third kappa shape index (κ3) is 4.88. The molecule has 138 valence electrons. The highest BCUT2D eigenvalue weighted by Crippen LogP contribution is 2.22. The molecule has 0 aliphatic heterocycles. The maximum absolute atomic E-state index is 12.9. The van der Waals surface area contributed by atoms with E-state index in [1.807, 2.05) is 26.0 Å². The minimum Gasteiger partial charge on any atom is -0.438 e. The van der Waals surface area contributed by atoms with Gasteiger partial charge in [0.2, 0.25) is 5.88 Å². The van der Waals surface area contributed by atoms with E-state index in [0.717, 1.165) is 12.0 Å². The number of hydrogen-bond acceptors (Lipinski definition) is 4. The summed E-state index contributed by atoms with van der Waals surface area (Å²) in [4.78, 5) is 12.1. The van der Waals surface area contributed by atoms with E-state index in [0.29, 0.717) is 22.9 Å². The van der Waals surface area contributed by atoms with Crippen molar-refractivity contribution >= 4 is 5.91 Å². The van der Waals surface area contributed by atoms with Crippen LogP contribution in [-0.2, 0) is 0 Å². The van der Waals surface area contributed by atoms with Gasteiger partial charge in [0.1, 0.15) is 11.6 Å². The molecule has 0 bridgehead atoms. The summed E-state index contributed by atoms with van der Waals surface area (Å²) in [5.41, 5.74) is 2.11. The summed E-state index contributed by atoms with van der Waals surface area (Å²) in [6, 6.07) is 16.5. The molecule has 27 heavy (non-hydrogen) atoms. The number of benzene rings is 2. The van der Waals surface area contributed by atoms with Gasteiger partial charge in [0, 0.05) is 23.2 Å². The van der Waals surface area contributed by atoms with Crippen molar-refractivity contribution in [2.45, 2.75) is 26.3 Å². The molecule has 5 nitrogen and oxygen atoms in total. The van der Waals surface area contributed by atoms with E-state index in [1.54, 1.807) is 24.3 Å². The molecule has 0 saturated heterocycles. The van der Waals surface area contributed by atoms with Crippen molar-refractivity contribution in [1.82, 2.24) is 15.5 Å². The SMILES string of the molecule is CC[C@H](C)NC(=O)c1ccc(-c2ccc(Oc3ccc(F)cc3)nn2)cc1. The lowest BCUT2D eigenvalue weighted by Crippen LogP contribution is -2.31. The van der Waals surface area contributed by atoms with Crippen molar-refractivity contribution in [1.29, 1.82) is 0 Å². The zero-order valence-electron chi connectivity index (χ0n) is 15.1. The van der Waals surface area contributed by atoms with Crippen molar-refractivity contribution in [3.63, 3.8) is 0 Å². The fourth-order valence-corrected chi connectivity index (χ4v) is 2.35. The predicted molar refractivity (Wildman–Crippen MR) is 101 cm³/mol. The maximum Gasteiger partial charge on any atom is 0.251 e. The minimum absolute atomic E-state index is 0.0926. The van der Waals surface area contributed by atoms with Crippen LogP contribution in [-0.4, -0.2) is 22.1 Å². The number of amides is 1. The van der Waals surface area contributed by atoms with Crippen LogP contribution in [0.25, 0.3) is 11.3 Å². The fraction of sp³-hybridized carbons (Fsp3) is 0.190. The van der Waals surface area contributed by atoms with Gasteiger partial charge in [-0.1, -0.05) is 19.1 Å². The molecule has 1 aromatic heterocycles. The van der Waals surface area contributed by atoms with Crippen LogP contribution in [0.1, 0.15) is 30.6 Å². The molecular weight excluding hydrogens is 345 g/mol. The molecule has 0 radical (unpaired) electrons. The van der Waals surface area contributed by atoms with E-state index in [-0.39, 0.29) is 17.8 Å². The van der Waals surface area contributed by atoms with E-state index in [4.69, 9.17) is 4.74 Å². The van der Waals surface area contributed by atoms with Gasteiger partial charge >= 0.3 is 0 Å². The van der Waals surface area contributed by atoms with E-state index in [2.05, 4.69) is 15.5 Å². The van der Waals surface area contributed by atoms with Gasteiger partial charge in [-0.15, -0.1) is 10.2 Å². The zero-order chi connectivity index (χ0) is 19.2. The van der Waals surface area contributed by atoms with Crippen molar-refractivity contribution < 1.29 is 13.9 Å². The highest BCUT2D eigenvalue weighted by molar-refractivity contribution is 5.94. The van der Waals surface area contributed by atoms with Gasteiger partial charge in [-0.3, -0.25) is 4.79 Å². The Morgan fingerprint density at radius 1 is 1.04 bits per heavy atom. The van der Waals surface area contributed by atoms with Gasteiger partial charge < -0.3 is 10.1 Å². The number of aromatic nitrogens is 2. The molecule has 3 aromatic rings. The van der Waals surface area contributed by atoms with Crippen LogP contribution in [0.3, 0.4) is 0 Å². The number of halogens is 1. The second-order valence-electron chi connectivity index (χ2n) is 6.17. The number of rotatable bonds is 6. The van der Waals surface area contributed by atoms with Gasteiger partial charge in [0.15, 0.2) is 0 Å². The van der Waals surface area contributed by atoms with Crippen LogP contribution < -0.4 is 10.1 Å². The third-order valence-electron chi connectivity index (χ3n) is 4.11. The van der Waals surface area contributed by atoms with Crippen molar-refractivity contribution in [3.8, 4) is 22.9 Å². The zero-order valence-corrected chi connectivity index (χ0v) is 15.1. The Bertz CT molecular complexity index is 894. The van der Waals surface area contributed by atoms with Crippen LogP contribution in [0.2, 0.25) is 0 Å². The molecule has 0 fully saturated rings. The van der Waals surface area contributed by atoms with Gasteiger partial charge in [-0.25, -0.2) is 4.39 Å². The lowest BCUT2D eigenvalue weighted by Gasteiger charge is -2.11. The summed E-state index contributed by atoms with van der Waals surface area (Å²) in [6.07, 6.45) is 0.881. The number of hydrogen-bond donors (Lipinski definition) is 1. The van der Waals surface area contributed by atoms with E-state index in [9.17, 15) is 9.18 Å². The summed E-state index contributed by atoms with van der Waals surface area (Å²) in [5, 5.41) is 11.1. The number of carbonyl (C=O) groups excluding carboxylic acids is 1. The molecule has 6 heteroatoms. The predicted octanol–water partition coefficient (Wildman–Crippen LogP) is 4.60. The summed E-state index contributed by atoms with van der Waals surface area (Å²) in [7, 11) is 0. The maximum atomic E-state index is 12.9. The smallest absolute Gasteiger partial charge is 0.251 e. The second-order valence-corrected chi connectivity index (χ2v) is 6.17. The molecular formula is C21H20FN3O2. The first-order chi connectivity index (χ1) is 13.0. The fourth-order valence-electron chi connectivity index (χ4n) is 2.35. The standard InChI is InChI=1S/C21H20FN3O2/c1-3-14(2)23-21(26)16-6-4-15(5-7-16)19-12-13-20(25-24-19)27-18-10-8-17(22)9-11-18/h4-14H,3H2,1-2H3,(H,23,26)/t14-/m0/s1. The summed E-state index contributed by atoms with van der Waals surface area (Å²) in [5.74, 6) is 0.375. The second kappa shape index (κ2) is 8.40. The summed E-state index contributed by atoms with van der Waals surface area (Å²) in [6.45, 7) is 3.99. The molecule has 1 atom stereocenters. The molecule has 2 aromatic carbocycles. The molecule has 0 aliphatic carbocycles. The van der Waals surface area contributed by atoms with Crippen LogP contribution in [0.4, 0.5) is 4.39 Å². The lowest BCUT2D eigenvalue weighted by molar-refractivity contribution is 0.0939. The summed E-state index contributed by atoms with van der Waals surface area (Å²) >= 11 is 0. The van der Waals surface area contributed by atoms with Crippen LogP contribution in [0, 0.1) is 5.82 Å². The average molecular weight is 365 g/mol. The first-order valence-corrected chi connectivity index (χ1v) is 8.73. The van der Waals surface area contributed by atoms with Crippen molar-refractivity contribution in [3.05, 3.63) is 72.0 Å². The number of nitrogens with one attached hydrogen (secondary N) is 1. The van der Waals surface area contributed by atoms with Gasteiger partial charge in [-0.2, -0.15) is 0 Å². The Labute approximate surface area is 157 Å². The number of nitrogens with zero attached hydrogens (tertiary/aromatic N) is 2. The van der Waals surface area contributed by atoms with E-state index >= 15 is 0 Å². The average Bonchev–Trinajstić information content (AvgIpc) is 2.70. The van der Waals surface area contributed by atoms with Crippen LogP contribution in [0.5, 0.6) is 11.6 Å². The van der Waals surface area contributed by atoms with E-state index in [1.165, 1.54) is 24.3 Å². The molecule has 3 rings (SSSR count). The first kappa shape index (κ1) is 18.5. The van der Waals surface area contributed by atoms with Crippen molar-refractivity contribution in [2.24, 2.45) is 0 Å². The highest BCUT2D eigenvalue weighted by atomic mass is 19.1. The van der Waals surface area contributed by atoms with E-state index < -0.39 is 0 Å². The highest BCUT2D eigenvalue weighted by Gasteiger charge is 2.09. The Kier molecular flexibility index (Phi) is 5.76. The molecule has 0 aliphatic rings. The Balaban J connectivity index is 1.68. The Morgan fingerprint density at radius 2 is 1.74 bits per heavy atom. The lowest BCUT2D eigenvalue weighted by atomic mass is 10.1. The quantitative estimate of drug-likeness (QED) is 0.693. The Hall–Kier alpha value is -3.28. The first-order valence-electron chi connectivity index (χ1n) is 8.73. The third-order valence-corrected chi connectivity index (χ3v) is 4.11. The molecule has 0 unspecified atom stereocenters. The van der Waals surface area contributed by atoms with Gasteiger partial charge in [0.25, 0.3) is 5.91 Å². The van der Waals surface area contributed by atoms with Crippen molar-refractivity contribution in [2.75, 3.05) is 0 Å². The monoisotopic (exact) mass is 365 g/mol. The number of carbonyl (C=O) groups is 1. The molecule has 0 spiro atoms.